The first kappa shape index (κ1) is 5.05. The van der Waals surface area contributed by atoms with Gasteiger partial charge in [0.1, 0.15) is 0 Å². The molecule has 0 bridgehead atoms. The lowest BCUT2D eigenvalue weighted by Crippen LogP contribution is -1.76. The number of carbonyl (C=O) groups is 1. The summed E-state index contributed by atoms with van der Waals surface area (Å²) in [7, 11) is 0. The van der Waals surface area contributed by atoms with Crippen molar-refractivity contribution in [1.82, 2.24) is 0 Å². The lowest BCUT2D eigenvalue weighted by atomic mass is 10.8. The first-order chi connectivity index (χ1) is 2.77. The smallest absolute Gasteiger partial charge is 0.251 e. The van der Waals surface area contributed by atoms with Crippen LogP contribution in [0, 0.1) is 5.41 Å². The average Bonchev–Trinajstić information content (AvgIpc) is 1.35. The van der Waals surface area contributed by atoms with Crippen molar-refractivity contribution >= 4 is 11.9 Å². The standard InChI is InChI=1S/C3H4N2O/c1-3(6)5-2-4/h4H,1H3. The monoisotopic (exact) mass is 84.0 g/mol. The molecular weight excluding hydrogens is 80.0 g/mol. The minimum absolute atomic E-state index is 0.384. The maximum atomic E-state index is 9.69. The quantitative estimate of drug-likeness (QED) is 0.421. The van der Waals surface area contributed by atoms with E-state index in [-0.39, 0.29) is 5.91 Å². The Hall–Kier alpha value is -0.950. The zero-order chi connectivity index (χ0) is 4.99. The summed E-state index contributed by atoms with van der Waals surface area (Å²) in [5.74, 6) is -0.384. The third kappa shape index (κ3) is 3.05. The van der Waals surface area contributed by atoms with Gasteiger partial charge >= 0.3 is 0 Å². The summed E-state index contributed by atoms with van der Waals surface area (Å²) in [6, 6.07) is 1.59. The fraction of sp³-hybridized carbons (Fsp3) is 0.333. The van der Waals surface area contributed by atoms with Crippen molar-refractivity contribution in [3.05, 3.63) is 0 Å². The zero-order valence-corrected chi connectivity index (χ0v) is 3.36. The maximum absolute atomic E-state index is 9.69. The summed E-state index contributed by atoms with van der Waals surface area (Å²) in [6.07, 6.45) is 0. The van der Waals surface area contributed by atoms with Gasteiger partial charge in [0, 0.05) is 6.92 Å². The third-order valence-corrected chi connectivity index (χ3v) is 0.213. The van der Waals surface area contributed by atoms with Crippen LogP contribution in [0.2, 0.25) is 0 Å². The van der Waals surface area contributed by atoms with Crippen LogP contribution in [0.3, 0.4) is 0 Å². The summed E-state index contributed by atoms with van der Waals surface area (Å²) in [5.41, 5.74) is 0. The van der Waals surface area contributed by atoms with Gasteiger partial charge in [-0.05, 0) is 0 Å². The van der Waals surface area contributed by atoms with Crippen molar-refractivity contribution in [1.29, 1.82) is 5.41 Å². The van der Waals surface area contributed by atoms with E-state index in [9.17, 15) is 4.79 Å². The zero-order valence-electron chi connectivity index (χ0n) is 3.36. The third-order valence-electron chi connectivity index (χ3n) is 0.213. The molecule has 0 aliphatic heterocycles. The van der Waals surface area contributed by atoms with Gasteiger partial charge < -0.3 is 0 Å². The van der Waals surface area contributed by atoms with Crippen LogP contribution in [0.4, 0.5) is 0 Å². The minimum Gasteiger partial charge on any atom is -0.272 e. The predicted molar refractivity (Wildman–Crippen MR) is 20.8 cm³/mol. The van der Waals surface area contributed by atoms with E-state index in [4.69, 9.17) is 5.41 Å². The molecule has 3 nitrogen and oxygen atoms in total. The second kappa shape index (κ2) is 2.30. The SMILES string of the molecule is CC(=O)N=C=N. The number of rotatable bonds is 0. The Morgan fingerprint density at radius 3 is 2.50 bits per heavy atom. The van der Waals surface area contributed by atoms with Crippen LogP contribution in [0.15, 0.2) is 4.99 Å². The summed E-state index contributed by atoms with van der Waals surface area (Å²) in [5, 5.41) is 6.10. The van der Waals surface area contributed by atoms with Gasteiger partial charge in [-0.25, -0.2) is 5.41 Å². The predicted octanol–water partition coefficient (Wildman–Crippen LogP) is 0.286. The molecule has 1 amide bonds. The Bertz CT molecular complexity index is 101. The first-order valence-corrected chi connectivity index (χ1v) is 1.40. The van der Waals surface area contributed by atoms with Crippen LogP contribution >= 0.6 is 0 Å². The molecule has 0 heterocycles. The van der Waals surface area contributed by atoms with Crippen LogP contribution in [-0.4, -0.2) is 11.9 Å². The fourth-order valence-electron chi connectivity index (χ4n) is 0.0787. The van der Waals surface area contributed by atoms with Crippen LogP contribution < -0.4 is 0 Å². The summed E-state index contributed by atoms with van der Waals surface area (Å²) in [4.78, 5) is 12.6. The van der Waals surface area contributed by atoms with E-state index >= 15 is 0 Å². The van der Waals surface area contributed by atoms with Crippen LogP contribution in [0.5, 0.6) is 0 Å². The van der Waals surface area contributed by atoms with Gasteiger partial charge in [-0.1, -0.05) is 0 Å². The highest BCUT2D eigenvalue weighted by Crippen LogP contribution is 1.61. The van der Waals surface area contributed by atoms with Gasteiger partial charge in [0.2, 0.25) is 0 Å². The Morgan fingerprint density at radius 1 is 2.00 bits per heavy atom. The van der Waals surface area contributed by atoms with Gasteiger partial charge in [-0.2, -0.15) is 4.99 Å². The molecule has 0 fully saturated rings. The van der Waals surface area contributed by atoms with Gasteiger partial charge in [-0.3, -0.25) is 4.79 Å². The highest BCUT2D eigenvalue weighted by atomic mass is 16.1. The van der Waals surface area contributed by atoms with Gasteiger partial charge in [-0.15, -0.1) is 0 Å². The molecule has 0 aromatic heterocycles. The van der Waals surface area contributed by atoms with E-state index in [0.29, 0.717) is 0 Å². The van der Waals surface area contributed by atoms with E-state index in [2.05, 4.69) is 4.99 Å². The Balaban J connectivity index is 3.60. The molecule has 0 atom stereocenters. The molecule has 3 heteroatoms. The van der Waals surface area contributed by atoms with Crippen molar-refractivity contribution in [3.8, 4) is 0 Å². The largest absolute Gasteiger partial charge is 0.272 e. The minimum atomic E-state index is -0.384. The van der Waals surface area contributed by atoms with E-state index in [1.807, 2.05) is 0 Å². The number of carbonyl (C=O) groups excluding carboxylic acids is 1. The number of nitrogens with one attached hydrogen (secondary N) is 1. The van der Waals surface area contributed by atoms with E-state index in [1.165, 1.54) is 6.92 Å². The molecule has 32 valence electrons. The van der Waals surface area contributed by atoms with Crippen molar-refractivity contribution in [2.45, 2.75) is 6.92 Å². The van der Waals surface area contributed by atoms with Gasteiger partial charge in [0.15, 0.2) is 0 Å². The van der Waals surface area contributed by atoms with Gasteiger partial charge in [0.05, 0.1) is 6.01 Å². The molecule has 0 rings (SSSR count). The number of aliphatic imine (C=N–C) groups is 1. The molecule has 0 radical (unpaired) electrons. The average molecular weight is 84.1 g/mol. The number of hydrogen-bond donors (Lipinski definition) is 1. The molecule has 0 aliphatic rings. The van der Waals surface area contributed by atoms with Crippen LogP contribution in [0.25, 0.3) is 0 Å². The molecule has 1 N–H and O–H groups in total. The molecule has 0 aliphatic carbocycles. The summed E-state index contributed by atoms with van der Waals surface area (Å²) < 4.78 is 0. The lowest BCUT2D eigenvalue weighted by Gasteiger charge is -1.63. The molecule has 0 saturated heterocycles. The molecular formula is C3H4N2O. The maximum Gasteiger partial charge on any atom is 0.251 e. The second-order valence-electron chi connectivity index (χ2n) is 0.743. The van der Waals surface area contributed by atoms with Crippen LogP contribution in [0.1, 0.15) is 6.92 Å². The lowest BCUT2D eigenvalue weighted by molar-refractivity contribution is -0.115. The molecule has 0 unspecified atom stereocenters. The highest BCUT2D eigenvalue weighted by molar-refractivity contribution is 5.79. The molecule has 0 aromatic rings. The van der Waals surface area contributed by atoms with E-state index in [0.717, 1.165) is 0 Å². The summed E-state index contributed by atoms with van der Waals surface area (Å²) >= 11 is 0. The molecule has 0 aromatic carbocycles. The van der Waals surface area contributed by atoms with Crippen molar-refractivity contribution in [2.24, 2.45) is 4.99 Å². The molecule has 0 spiro atoms. The summed E-state index contributed by atoms with van der Waals surface area (Å²) in [6.45, 7) is 1.27. The second-order valence-corrected chi connectivity index (χ2v) is 0.743. The number of amides is 1. The van der Waals surface area contributed by atoms with E-state index in [1.54, 1.807) is 6.01 Å². The van der Waals surface area contributed by atoms with Crippen molar-refractivity contribution in [3.63, 3.8) is 0 Å². The number of hydrogen-bond acceptors (Lipinski definition) is 2. The Labute approximate surface area is 35.2 Å². The van der Waals surface area contributed by atoms with Crippen LogP contribution in [-0.2, 0) is 4.79 Å². The van der Waals surface area contributed by atoms with Crippen molar-refractivity contribution < 1.29 is 4.79 Å². The van der Waals surface area contributed by atoms with Gasteiger partial charge in [0.25, 0.3) is 5.91 Å². The van der Waals surface area contributed by atoms with E-state index < -0.39 is 0 Å². The number of nitrogens with zero attached hydrogens (tertiary/aromatic N) is 1. The highest BCUT2D eigenvalue weighted by Gasteiger charge is 1.74. The van der Waals surface area contributed by atoms with Crippen molar-refractivity contribution in [2.75, 3.05) is 0 Å². The fourth-order valence-corrected chi connectivity index (χ4v) is 0.0787. The normalized spacial score (nSPS) is 6.17. The Kier molecular flexibility index (Phi) is 1.93. The molecule has 6 heavy (non-hydrogen) atoms. The Morgan fingerprint density at radius 2 is 2.50 bits per heavy atom. The molecule has 0 saturated carbocycles. The topological polar surface area (TPSA) is 53.3 Å². The first-order valence-electron chi connectivity index (χ1n) is 1.40.